The van der Waals surface area contributed by atoms with Gasteiger partial charge in [0.1, 0.15) is 0 Å². The number of benzene rings is 1. The molecule has 1 N–H and O–H groups in total. The van der Waals surface area contributed by atoms with Crippen LogP contribution < -0.4 is 5.32 Å². The molecule has 0 bridgehead atoms. The molecule has 2 atom stereocenters. The lowest BCUT2D eigenvalue weighted by atomic mass is 9.94. The maximum atomic E-state index is 13.1. The van der Waals surface area contributed by atoms with Crippen LogP contribution >= 0.6 is 0 Å². The number of likely N-dealkylation sites (tertiary alicyclic amines) is 1. The SMILES string of the molecule is CNCCN1C2=CCCCCC2CC1c1cccc(C(F)(F)F)c1. The van der Waals surface area contributed by atoms with Gasteiger partial charge in [-0.3, -0.25) is 0 Å². The minimum Gasteiger partial charge on any atom is -0.367 e. The number of hydrogen-bond donors (Lipinski definition) is 1. The molecule has 2 aliphatic rings. The molecule has 5 heteroatoms. The number of likely N-dealkylation sites (N-methyl/N-ethyl adjacent to an activating group) is 1. The molecule has 0 radical (unpaired) electrons. The Bertz CT molecular complexity index is 595. The van der Waals surface area contributed by atoms with E-state index in [0.29, 0.717) is 5.92 Å². The molecular weight excluding hydrogens is 313 g/mol. The number of rotatable bonds is 4. The number of hydrogen-bond acceptors (Lipinski definition) is 2. The van der Waals surface area contributed by atoms with Gasteiger partial charge in [-0.2, -0.15) is 13.2 Å². The maximum Gasteiger partial charge on any atom is 0.416 e. The lowest BCUT2D eigenvalue weighted by molar-refractivity contribution is -0.137. The van der Waals surface area contributed by atoms with Crippen molar-refractivity contribution in [1.82, 2.24) is 10.2 Å². The standard InChI is InChI=1S/C19H25F3N2/c1-23-10-11-24-17-9-4-2-3-6-15(17)13-18(24)14-7-5-8-16(12-14)19(20,21)22/h5,7-9,12,15,18,23H,2-4,6,10-11,13H2,1H3. The van der Waals surface area contributed by atoms with Crippen LogP contribution in [0.25, 0.3) is 0 Å². The lowest BCUT2D eigenvalue weighted by Gasteiger charge is -2.29. The first-order chi connectivity index (χ1) is 11.5. The predicted octanol–water partition coefficient (Wildman–Crippen LogP) is 4.75. The van der Waals surface area contributed by atoms with Crippen molar-refractivity contribution in [3.8, 4) is 0 Å². The van der Waals surface area contributed by atoms with E-state index in [9.17, 15) is 13.2 Å². The van der Waals surface area contributed by atoms with Crippen molar-refractivity contribution in [2.75, 3.05) is 20.1 Å². The molecule has 1 fully saturated rings. The van der Waals surface area contributed by atoms with Crippen molar-refractivity contribution < 1.29 is 13.2 Å². The van der Waals surface area contributed by atoms with Gasteiger partial charge in [-0.15, -0.1) is 0 Å². The van der Waals surface area contributed by atoms with Gasteiger partial charge < -0.3 is 10.2 Å². The Morgan fingerprint density at radius 2 is 2.08 bits per heavy atom. The van der Waals surface area contributed by atoms with Gasteiger partial charge in [0.2, 0.25) is 0 Å². The van der Waals surface area contributed by atoms with Gasteiger partial charge in [0.05, 0.1) is 11.6 Å². The molecule has 1 aromatic carbocycles. The predicted molar refractivity (Wildman–Crippen MR) is 89.5 cm³/mol. The highest BCUT2D eigenvalue weighted by Gasteiger charge is 2.38. The molecule has 1 heterocycles. The zero-order valence-electron chi connectivity index (χ0n) is 14.1. The minimum absolute atomic E-state index is 0.0509. The molecule has 1 aromatic rings. The largest absolute Gasteiger partial charge is 0.416 e. The van der Waals surface area contributed by atoms with Gasteiger partial charge >= 0.3 is 6.18 Å². The van der Waals surface area contributed by atoms with Crippen LogP contribution in [-0.2, 0) is 6.18 Å². The molecule has 0 amide bonds. The summed E-state index contributed by atoms with van der Waals surface area (Å²) in [7, 11) is 1.91. The van der Waals surface area contributed by atoms with Gasteiger partial charge in [0, 0.05) is 24.7 Å². The smallest absolute Gasteiger partial charge is 0.367 e. The van der Waals surface area contributed by atoms with Crippen molar-refractivity contribution >= 4 is 0 Å². The summed E-state index contributed by atoms with van der Waals surface area (Å²) in [5, 5.41) is 3.16. The Kier molecular flexibility index (Phi) is 5.18. The van der Waals surface area contributed by atoms with Gasteiger partial charge in [0.15, 0.2) is 0 Å². The molecule has 0 aromatic heterocycles. The molecule has 24 heavy (non-hydrogen) atoms. The van der Waals surface area contributed by atoms with Crippen molar-refractivity contribution in [3.05, 3.63) is 47.2 Å². The zero-order valence-corrected chi connectivity index (χ0v) is 14.1. The lowest BCUT2D eigenvalue weighted by Crippen LogP contribution is -2.30. The highest BCUT2D eigenvalue weighted by Crippen LogP contribution is 2.46. The Morgan fingerprint density at radius 3 is 2.83 bits per heavy atom. The highest BCUT2D eigenvalue weighted by molar-refractivity contribution is 5.31. The van der Waals surface area contributed by atoms with Crippen molar-refractivity contribution in [1.29, 1.82) is 0 Å². The van der Waals surface area contributed by atoms with Crippen LogP contribution in [0.4, 0.5) is 13.2 Å². The summed E-state index contributed by atoms with van der Waals surface area (Å²) in [5.41, 5.74) is 1.59. The summed E-state index contributed by atoms with van der Waals surface area (Å²) in [4.78, 5) is 2.34. The molecular formula is C19H25F3N2. The summed E-state index contributed by atoms with van der Waals surface area (Å²) in [6.45, 7) is 1.67. The van der Waals surface area contributed by atoms with Crippen LogP contribution in [-0.4, -0.2) is 25.0 Å². The fourth-order valence-corrected chi connectivity index (χ4v) is 4.02. The molecule has 2 nitrogen and oxygen atoms in total. The fourth-order valence-electron chi connectivity index (χ4n) is 4.02. The summed E-state index contributed by atoms with van der Waals surface area (Å²) in [6, 6.07) is 5.93. The van der Waals surface area contributed by atoms with E-state index >= 15 is 0 Å². The van der Waals surface area contributed by atoms with E-state index < -0.39 is 11.7 Å². The molecule has 1 saturated heterocycles. The third-order valence-corrected chi connectivity index (χ3v) is 5.20. The zero-order chi connectivity index (χ0) is 17.2. The number of alkyl halides is 3. The Hall–Kier alpha value is -1.49. The monoisotopic (exact) mass is 338 g/mol. The second-order valence-corrected chi connectivity index (χ2v) is 6.78. The van der Waals surface area contributed by atoms with E-state index in [1.165, 1.54) is 30.7 Å². The third-order valence-electron chi connectivity index (χ3n) is 5.20. The first-order valence-electron chi connectivity index (χ1n) is 8.79. The van der Waals surface area contributed by atoms with Crippen LogP contribution in [0.15, 0.2) is 36.0 Å². The number of fused-ring (bicyclic) bond motifs is 1. The summed E-state index contributed by atoms with van der Waals surface area (Å²) in [6.07, 6.45) is 3.62. The summed E-state index contributed by atoms with van der Waals surface area (Å²) in [5.74, 6) is 0.490. The van der Waals surface area contributed by atoms with Crippen LogP contribution in [0.1, 0.15) is 49.3 Å². The molecule has 132 valence electrons. The third kappa shape index (κ3) is 3.61. The van der Waals surface area contributed by atoms with Gasteiger partial charge in [-0.25, -0.2) is 0 Å². The Morgan fingerprint density at radius 1 is 1.25 bits per heavy atom. The second kappa shape index (κ2) is 7.18. The summed E-state index contributed by atoms with van der Waals surface area (Å²) >= 11 is 0. The van der Waals surface area contributed by atoms with E-state index in [1.807, 2.05) is 13.1 Å². The molecule has 0 spiro atoms. The summed E-state index contributed by atoms with van der Waals surface area (Å²) < 4.78 is 39.2. The second-order valence-electron chi connectivity index (χ2n) is 6.78. The van der Waals surface area contributed by atoms with E-state index in [4.69, 9.17) is 0 Å². The first kappa shape index (κ1) is 17.3. The van der Waals surface area contributed by atoms with Crippen LogP contribution in [0.2, 0.25) is 0 Å². The van der Waals surface area contributed by atoms with E-state index in [1.54, 1.807) is 0 Å². The first-order valence-corrected chi connectivity index (χ1v) is 8.79. The topological polar surface area (TPSA) is 15.3 Å². The van der Waals surface area contributed by atoms with E-state index in [-0.39, 0.29) is 6.04 Å². The van der Waals surface area contributed by atoms with Crippen LogP contribution in [0, 0.1) is 5.92 Å². The number of nitrogens with one attached hydrogen (secondary N) is 1. The van der Waals surface area contributed by atoms with Crippen molar-refractivity contribution in [2.24, 2.45) is 5.92 Å². The van der Waals surface area contributed by atoms with Gasteiger partial charge in [0.25, 0.3) is 0 Å². The van der Waals surface area contributed by atoms with E-state index in [0.717, 1.165) is 44.0 Å². The van der Waals surface area contributed by atoms with Gasteiger partial charge in [-0.1, -0.05) is 24.6 Å². The van der Waals surface area contributed by atoms with Crippen molar-refractivity contribution in [2.45, 2.75) is 44.3 Å². The van der Waals surface area contributed by atoms with Crippen LogP contribution in [0.5, 0.6) is 0 Å². The molecule has 2 unspecified atom stereocenters. The Balaban J connectivity index is 1.91. The normalized spacial score (nSPS) is 24.5. The quantitative estimate of drug-likeness (QED) is 0.852. The number of nitrogens with zero attached hydrogens (tertiary/aromatic N) is 1. The fraction of sp³-hybridized carbons (Fsp3) is 0.579. The van der Waals surface area contributed by atoms with Crippen LogP contribution in [0.3, 0.4) is 0 Å². The highest BCUT2D eigenvalue weighted by atomic mass is 19.4. The van der Waals surface area contributed by atoms with E-state index in [2.05, 4.69) is 16.3 Å². The van der Waals surface area contributed by atoms with Crippen molar-refractivity contribution in [3.63, 3.8) is 0 Å². The average Bonchev–Trinajstić information content (AvgIpc) is 2.73. The Labute approximate surface area is 141 Å². The molecule has 1 aliphatic carbocycles. The molecule has 1 aliphatic heterocycles. The van der Waals surface area contributed by atoms with Gasteiger partial charge in [-0.05, 0) is 50.4 Å². The molecule has 3 rings (SSSR count). The average molecular weight is 338 g/mol. The number of allylic oxidation sites excluding steroid dienone is 2. The minimum atomic E-state index is -4.28. The number of halogens is 3. The maximum absolute atomic E-state index is 13.1. The molecule has 0 saturated carbocycles.